The van der Waals surface area contributed by atoms with E-state index in [4.69, 9.17) is 9.15 Å². The second kappa shape index (κ2) is 10.3. The van der Waals surface area contributed by atoms with Gasteiger partial charge in [-0.3, -0.25) is 4.79 Å². The van der Waals surface area contributed by atoms with E-state index in [0.717, 1.165) is 22.2 Å². The van der Waals surface area contributed by atoms with Crippen molar-refractivity contribution in [3.05, 3.63) is 112 Å². The number of nitrogens with one attached hydrogen (secondary N) is 1. The highest BCUT2D eigenvalue weighted by Gasteiger charge is 2.16. The number of hydrogen-bond donors (Lipinski definition) is 1. The molecule has 0 saturated heterocycles. The number of nitrogens with zero attached hydrogens (tertiary/aromatic N) is 3. The molecule has 8 heteroatoms. The third-order valence-electron chi connectivity index (χ3n) is 5.76. The molecule has 0 atom stereocenters. The number of amides is 1. The van der Waals surface area contributed by atoms with Crippen molar-refractivity contribution in [1.29, 1.82) is 0 Å². The highest BCUT2D eigenvalue weighted by Crippen LogP contribution is 2.24. The third kappa shape index (κ3) is 5.33. The molecule has 2 heterocycles. The second-order valence-corrected chi connectivity index (χ2v) is 8.55. The summed E-state index contributed by atoms with van der Waals surface area (Å²) in [5.41, 5.74) is 6.44. The molecule has 0 aliphatic heterocycles. The van der Waals surface area contributed by atoms with Crippen LogP contribution in [0.2, 0.25) is 0 Å². The van der Waals surface area contributed by atoms with Gasteiger partial charge in [-0.1, -0.05) is 48.5 Å². The first-order valence-corrected chi connectivity index (χ1v) is 11.7. The number of benzene rings is 3. The van der Waals surface area contributed by atoms with E-state index in [1.54, 1.807) is 29.1 Å². The van der Waals surface area contributed by atoms with Gasteiger partial charge in [0.15, 0.2) is 6.61 Å². The molecule has 0 fully saturated rings. The topological polar surface area (TPSA) is 98.7 Å². The van der Waals surface area contributed by atoms with Crippen molar-refractivity contribution in [1.82, 2.24) is 15.2 Å². The van der Waals surface area contributed by atoms with Crippen LogP contribution >= 0.6 is 0 Å². The lowest BCUT2D eigenvalue weighted by Gasteiger charge is -2.08. The lowest BCUT2D eigenvalue weighted by molar-refractivity contribution is -0.123. The quantitative estimate of drug-likeness (QED) is 0.200. The molecule has 0 radical (unpaired) electrons. The fourth-order valence-electron chi connectivity index (χ4n) is 3.84. The molecule has 0 unspecified atom stereocenters. The van der Waals surface area contributed by atoms with E-state index < -0.39 is 11.5 Å². The summed E-state index contributed by atoms with van der Waals surface area (Å²) in [6.45, 7) is 3.69. The van der Waals surface area contributed by atoms with Crippen molar-refractivity contribution in [2.24, 2.45) is 5.10 Å². The highest BCUT2D eigenvalue weighted by atomic mass is 16.5. The minimum Gasteiger partial charge on any atom is -0.483 e. The van der Waals surface area contributed by atoms with Gasteiger partial charge >= 0.3 is 5.63 Å². The average Bonchev–Trinajstić information content (AvgIpc) is 3.33. The standard InChI is InChI=1S/C29H24N4O4/c1-19-12-13-20(2)26(14-19)36-18-27(34)31-30-16-22-17-33(23-9-4-3-5-10-23)32-28(22)24-15-21-8-6-7-11-25(21)37-29(24)35/h3-17H,18H2,1-2H3,(H,31,34). The molecule has 5 aromatic rings. The molecule has 0 aliphatic rings. The Labute approximate surface area is 212 Å². The van der Waals surface area contributed by atoms with E-state index >= 15 is 0 Å². The summed E-state index contributed by atoms with van der Waals surface area (Å²) in [5.74, 6) is 0.230. The van der Waals surface area contributed by atoms with E-state index in [9.17, 15) is 9.59 Å². The van der Waals surface area contributed by atoms with Gasteiger partial charge < -0.3 is 9.15 Å². The molecule has 3 aromatic carbocycles. The van der Waals surface area contributed by atoms with Gasteiger partial charge in [0.05, 0.1) is 17.5 Å². The van der Waals surface area contributed by atoms with Crippen LogP contribution in [0.3, 0.4) is 0 Å². The molecule has 0 bridgehead atoms. The van der Waals surface area contributed by atoms with E-state index in [-0.39, 0.29) is 6.61 Å². The summed E-state index contributed by atoms with van der Waals surface area (Å²) < 4.78 is 12.8. The summed E-state index contributed by atoms with van der Waals surface area (Å²) in [6.07, 6.45) is 3.19. The molecule has 0 spiro atoms. The van der Waals surface area contributed by atoms with Crippen molar-refractivity contribution in [2.45, 2.75) is 13.8 Å². The molecule has 184 valence electrons. The lowest BCUT2D eigenvalue weighted by Crippen LogP contribution is -2.24. The van der Waals surface area contributed by atoms with Crippen LogP contribution in [-0.4, -0.2) is 28.5 Å². The predicted octanol–water partition coefficient (Wildman–Crippen LogP) is 4.79. The zero-order valence-corrected chi connectivity index (χ0v) is 20.3. The van der Waals surface area contributed by atoms with E-state index in [0.29, 0.717) is 28.2 Å². The van der Waals surface area contributed by atoms with Crippen molar-refractivity contribution < 1.29 is 13.9 Å². The molecule has 5 rings (SSSR count). The molecule has 37 heavy (non-hydrogen) atoms. The fourth-order valence-corrected chi connectivity index (χ4v) is 3.84. The molecular formula is C29H24N4O4. The minimum absolute atomic E-state index is 0.188. The number of hydrogen-bond acceptors (Lipinski definition) is 6. The van der Waals surface area contributed by atoms with Gasteiger partial charge in [0, 0.05) is 17.1 Å². The summed E-state index contributed by atoms with van der Waals surface area (Å²) in [5, 5.41) is 9.50. The molecule has 2 aromatic heterocycles. The first-order valence-electron chi connectivity index (χ1n) is 11.7. The number of aryl methyl sites for hydroxylation is 2. The number of fused-ring (bicyclic) bond motifs is 1. The largest absolute Gasteiger partial charge is 0.483 e. The smallest absolute Gasteiger partial charge is 0.345 e. The van der Waals surface area contributed by atoms with Crippen LogP contribution in [0, 0.1) is 13.8 Å². The maximum absolute atomic E-state index is 12.8. The number of hydrazone groups is 1. The summed E-state index contributed by atoms with van der Waals surface area (Å²) in [6, 6.07) is 24.3. The Morgan fingerprint density at radius 1 is 1.05 bits per heavy atom. The van der Waals surface area contributed by atoms with Crippen LogP contribution < -0.4 is 15.8 Å². The van der Waals surface area contributed by atoms with Gasteiger partial charge in [-0.15, -0.1) is 0 Å². The van der Waals surface area contributed by atoms with Gasteiger partial charge in [0.2, 0.25) is 0 Å². The van der Waals surface area contributed by atoms with Crippen molar-refractivity contribution in [3.8, 4) is 22.7 Å². The Hall–Kier alpha value is -4.98. The maximum Gasteiger partial charge on any atom is 0.345 e. The van der Waals surface area contributed by atoms with Crippen LogP contribution in [0.1, 0.15) is 16.7 Å². The monoisotopic (exact) mass is 492 g/mol. The Kier molecular flexibility index (Phi) is 6.63. The summed E-state index contributed by atoms with van der Waals surface area (Å²) >= 11 is 0. The minimum atomic E-state index is -0.516. The summed E-state index contributed by atoms with van der Waals surface area (Å²) in [4.78, 5) is 25.2. The number of para-hydroxylation sites is 2. The Bertz CT molecular complexity index is 1670. The van der Waals surface area contributed by atoms with Crippen LogP contribution in [-0.2, 0) is 4.79 Å². The van der Waals surface area contributed by atoms with Gasteiger partial charge in [-0.25, -0.2) is 14.9 Å². The van der Waals surface area contributed by atoms with Gasteiger partial charge in [-0.2, -0.15) is 10.2 Å². The zero-order valence-electron chi connectivity index (χ0n) is 20.3. The van der Waals surface area contributed by atoms with Gasteiger partial charge in [0.1, 0.15) is 17.0 Å². The van der Waals surface area contributed by atoms with Gasteiger partial charge in [0.25, 0.3) is 5.91 Å². The summed E-state index contributed by atoms with van der Waals surface area (Å²) in [7, 11) is 0. The molecule has 1 N–H and O–H groups in total. The van der Waals surface area contributed by atoms with Crippen LogP contribution in [0.15, 0.2) is 99.4 Å². The van der Waals surface area contributed by atoms with Crippen molar-refractivity contribution >= 4 is 23.1 Å². The van der Waals surface area contributed by atoms with Crippen LogP contribution in [0.4, 0.5) is 0 Å². The average molecular weight is 493 g/mol. The number of aromatic nitrogens is 2. The number of carbonyl (C=O) groups is 1. The predicted molar refractivity (Wildman–Crippen MR) is 142 cm³/mol. The SMILES string of the molecule is Cc1ccc(C)c(OCC(=O)NN=Cc2cn(-c3ccccc3)nc2-c2cc3ccccc3oc2=O)c1. The van der Waals surface area contributed by atoms with Crippen molar-refractivity contribution in [3.63, 3.8) is 0 Å². The molecule has 0 aliphatic carbocycles. The lowest BCUT2D eigenvalue weighted by atomic mass is 10.1. The third-order valence-corrected chi connectivity index (χ3v) is 5.76. The Morgan fingerprint density at radius 2 is 1.84 bits per heavy atom. The van der Waals surface area contributed by atoms with Gasteiger partial charge in [-0.05, 0) is 55.3 Å². The number of rotatable bonds is 7. The first kappa shape index (κ1) is 23.7. The van der Waals surface area contributed by atoms with Crippen molar-refractivity contribution in [2.75, 3.05) is 6.61 Å². The Morgan fingerprint density at radius 3 is 2.68 bits per heavy atom. The molecular weight excluding hydrogens is 468 g/mol. The maximum atomic E-state index is 12.8. The zero-order chi connectivity index (χ0) is 25.8. The Balaban J connectivity index is 1.41. The van der Waals surface area contributed by atoms with Crippen LogP contribution in [0.5, 0.6) is 5.75 Å². The second-order valence-electron chi connectivity index (χ2n) is 8.55. The fraction of sp³-hybridized carbons (Fsp3) is 0.103. The highest BCUT2D eigenvalue weighted by molar-refractivity contribution is 5.91. The van der Waals surface area contributed by atoms with E-state index in [1.165, 1.54) is 6.21 Å². The number of ether oxygens (including phenoxy) is 1. The van der Waals surface area contributed by atoms with E-state index in [2.05, 4.69) is 15.6 Å². The normalized spacial score (nSPS) is 11.2. The molecule has 8 nitrogen and oxygen atoms in total. The van der Waals surface area contributed by atoms with E-state index in [1.807, 2.05) is 74.5 Å². The number of carbonyl (C=O) groups excluding carboxylic acids is 1. The van der Waals surface area contributed by atoms with Crippen LogP contribution in [0.25, 0.3) is 27.9 Å². The molecule has 1 amide bonds. The molecule has 0 saturated carbocycles. The first-order chi connectivity index (χ1) is 18.0.